The molecule has 0 spiro atoms. The average molecular weight is 292 g/mol. The second-order valence-corrected chi connectivity index (χ2v) is 4.92. The first kappa shape index (κ1) is 14.0. The molecule has 5 nitrogen and oxygen atoms in total. The smallest absolute Gasteiger partial charge is 0.240 e. The van der Waals surface area contributed by atoms with Crippen LogP contribution in [0.1, 0.15) is 5.56 Å². The fourth-order valence-electron chi connectivity index (χ4n) is 2.16. The van der Waals surface area contributed by atoms with Crippen molar-refractivity contribution in [2.45, 2.75) is 13.1 Å². The van der Waals surface area contributed by atoms with Gasteiger partial charge in [-0.2, -0.15) is 0 Å². The van der Waals surface area contributed by atoms with Crippen LogP contribution >= 0.6 is 0 Å². The van der Waals surface area contributed by atoms with Gasteiger partial charge in [-0.1, -0.05) is 0 Å². The number of rotatable bonds is 5. The molecular formula is C17H16N4O. The first-order valence-electron chi connectivity index (χ1n) is 7.04. The van der Waals surface area contributed by atoms with Crippen LogP contribution in [0, 0.1) is 0 Å². The highest BCUT2D eigenvalue weighted by Crippen LogP contribution is 2.16. The van der Waals surface area contributed by atoms with Crippen molar-refractivity contribution in [1.29, 1.82) is 0 Å². The molecule has 0 bridgehead atoms. The number of carbonyl (C=O) groups excluding carboxylic acids is 1. The summed E-state index contributed by atoms with van der Waals surface area (Å²) >= 11 is 0. The maximum absolute atomic E-state index is 11.9. The molecule has 1 amide bonds. The molecular weight excluding hydrogens is 276 g/mol. The van der Waals surface area contributed by atoms with Gasteiger partial charge in [-0.25, -0.2) is 0 Å². The number of pyridine rings is 2. The SMILES string of the molecule is O=C(Cn1cccc1)NCc1ccnc(-c2ccncc2)c1. The van der Waals surface area contributed by atoms with E-state index >= 15 is 0 Å². The summed E-state index contributed by atoms with van der Waals surface area (Å²) in [6.45, 7) is 0.815. The van der Waals surface area contributed by atoms with E-state index in [9.17, 15) is 4.79 Å². The van der Waals surface area contributed by atoms with E-state index in [1.807, 2.05) is 53.4 Å². The van der Waals surface area contributed by atoms with Gasteiger partial charge in [-0.05, 0) is 42.0 Å². The van der Waals surface area contributed by atoms with Gasteiger partial charge in [0.1, 0.15) is 6.54 Å². The lowest BCUT2D eigenvalue weighted by molar-refractivity contribution is -0.121. The largest absolute Gasteiger partial charge is 0.350 e. The van der Waals surface area contributed by atoms with Gasteiger partial charge in [0.15, 0.2) is 0 Å². The summed E-state index contributed by atoms with van der Waals surface area (Å²) in [5, 5.41) is 2.92. The molecule has 0 saturated heterocycles. The third kappa shape index (κ3) is 3.58. The van der Waals surface area contributed by atoms with Crippen molar-refractivity contribution in [2.75, 3.05) is 0 Å². The van der Waals surface area contributed by atoms with E-state index in [2.05, 4.69) is 15.3 Å². The minimum absolute atomic E-state index is 0.0153. The zero-order valence-corrected chi connectivity index (χ0v) is 12.0. The quantitative estimate of drug-likeness (QED) is 0.784. The summed E-state index contributed by atoms with van der Waals surface area (Å²) in [4.78, 5) is 20.2. The summed E-state index contributed by atoms with van der Waals surface area (Å²) in [5.41, 5.74) is 2.90. The number of amides is 1. The molecule has 0 aliphatic carbocycles. The van der Waals surface area contributed by atoms with E-state index in [0.29, 0.717) is 13.1 Å². The van der Waals surface area contributed by atoms with Crippen molar-refractivity contribution in [3.8, 4) is 11.3 Å². The Balaban J connectivity index is 1.62. The fraction of sp³-hybridized carbons (Fsp3) is 0.118. The third-order valence-corrected chi connectivity index (χ3v) is 3.28. The number of carbonyl (C=O) groups is 1. The molecule has 22 heavy (non-hydrogen) atoms. The van der Waals surface area contributed by atoms with Crippen LogP contribution < -0.4 is 5.32 Å². The molecule has 3 aromatic rings. The molecule has 0 aliphatic rings. The summed E-state index contributed by atoms with van der Waals surface area (Å²) in [6.07, 6.45) is 8.97. The summed E-state index contributed by atoms with van der Waals surface area (Å²) < 4.78 is 1.84. The molecule has 1 N–H and O–H groups in total. The van der Waals surface area contributed by atoms with Crippen molar-refractivity contribution in [1.82, 2.24) is 19.9 Å². The Morgan fingerprint density at radius 1 is 1.09 bits per heavy atom. The van der Waals surface area contributed by atoms with E-state index in [1.165, 1.54) is 0 Å². The lowest BCUT2D eigenvalue weighted by Gasteiger charge is -2.07. The maximum atomic E-state index is 11.9. The Morgan fingerprint density at radius 2 is 1.86 bits per heavy atom. The highest BCUT2D eigenvalue weighted by molar-refractivity contribution is 5.75. The standard InChI is InChI=1S/C17H16N4O/c22-17(13-21-9-1-2-10-21)20-12-14-3-8-19-16(11-14)15-4-6-18-7-5-15/h1-11H,12-13H2,(H,20,22). The molecule has 0 unspecified atom stereocenters. The normalized spacial score (nSPS) is 10.4. The zero-order chi connectivity index (χ0) is 15.2. The van der Waals surface area contributed by atoms with Crippen LogP contribution in [0.2, 0.25) is 0 Å². The molecule has 3 rings (SSSR count). The van der Waals surface area contributed by atoms with Crippen LogP contribution in [0.15, 0.2) is 67.4 Å². The number of aromatic nitrogens is 3. The lowest BCUT2D eigenvalue weighted by Crippen LogP contribution is -2.26. The average Bonchev–Trinajstić information content (AvgIpc) is 3.07. The van der Waals surface area contributed by atoms with E-state index in [0.717, 1.165) is 16.8 Å². The monoisotopic (exact) mass is 292 g/mol. The summed E-state index contributed by atoms with van der Waals surface area (Å²) in [5.74, 6) is -0.0153. The third-order valence-electron chi connectivity index (χ3n) is 3.28. The van der Waals surface area contributed by atoms with Crippen LogP contribution in [0.25, 0.3) is 11.3 Å². The minimum Gasteiger partial charge on any atom is -0.350 e. The molecule has 0 aliphatic heterocycles. The first-order valence-corrected chi connectivity index (χ1v) is 7.04. The first-order chi connectivity index (χ1) is 10.8. The number of hydrogen-bond acceptors (Lipinski definition) is 3. The van der Waals surface area contributed by atoms with Crippen LogP contribution in [-0.4, -0.2) is 20.4 Å². The van der Waals surface area contributed by atoms with Gasteiger partial charge in [-0.15, -0.1) is 0 Å². The van der Waals surface area contributed by atoms with Gasteiger partial charge in [0.2, 0.25) is 5.91 Å². The van der Waals surface area contributed by atoms with Gasteiger partial charge in [0.05, 0.1) is 5.69 Å². The molecule has 0 radical (unpaired) electrons. The van der Waals surface area contributed by atoms with Crippen molar-refractivity contribution in [2.24, 2.45) is 0 Å². The molecule has 0 saturated carbocycles. The van der Waals surface area contributed by atoms with E-state index in [1.54, 1.807) is 18.6 Å². The molecule has 0 aromatic carbocycles. The number of hydrogen-bond donors (Lipinski definition) is 1. The molecule has 0 atom stereocenters. The topological polar surface area (TPSA) is 59.8 Å². The van der Waals surface area contributed by atoms with Crippen LogP contribution in [0.3, 0.4) is 0 Å². The summed E-state index contributed by atoms with van der Waals surface area (Å²) in [7, 11) is 0. The second kappa shape index (κ2) is 6.67. The molecule has 3 heterocycles. The van der Waals surface area contributed by atoms with Gasteiger partial charge in [0, 0.05) is 43.1 Å². The Hall–Kier alpha value is -2.95. The molecule has 5 heteroatoms. The van der Waals surface area contributed by atoms with Gasteiger partial charge in [0.25, 0.3) is 0 Å². The van der Waals surface area contributed by atoms with E-state index < -0.39 is 0 Å². The maximum Gasteiger partial charge on any atom is 0.240 e. The van der Waals surface area contributed by atoms with Crippen molar-refractivity contribution >= 4 is 5.91 Å². The second-order valence-electron chi connectivity index (χ2n) is 4.92. The van der Waals surface area contributed by atoms with Crippen molar-refractivity contribution in [3.05, 3.63) is 72.9 Å². The minimum atomic E-state index is -0.0153. The van der Waals surface area contributed by atoms with Gasteiger partial charge in [-0.3, -0.25) is 14.8 Å². The molecule has 110 valence electrons. The van der Waals surface area contributed by atoms with Crippen LogP contribution in [-0.2, 0) is 17.9 Å². The Kier molecular flexibility index (Phi) is 4.25. The number of nitrogens with zero attached hydrogens (tertiary/aromatic N) is 3. The highest BCUT2D eigenvalue weighted by Gasteiger charge is 2.04. The number of nitrogens with one attached hydrogen (secondary N) is 1. The Morgan fingerprint density at radius 3 is 2.64 bits per heavy atom. The Labute approximate surface area is 128 Å². The summed E-state index contributed by atoms with van der Waals surface area (Å²) in [6, 6.07) is 11.5. The van der Waals surface area contributed by atoms with Crippen molar-refractivity contribution < 1.29 is 4.79 Å². The highest BCUT2D eigenvalue weighted by atomic mass is 16.1. The molecule has 0 fully saturated rings. The molecule has 3 aromatic heterocycles. The van der Waals surface area contributed by atoms with Gasteiger partial charge >= 0.3 is 0 Å². The van der Waals surface area contributed by atoms with E-state index in [-0.39, 0.29) is 5.91 Å². The van der Waals surface area contributed by atoms with Crippen molar-refractivity contribution in [3.63, 3.8) is 0 Å². The lowest BCUT2D eigenvalue weighted by atomic mass is 10.1. The fourth-order valence-corrected chi connectivity index (χ4v) is 2.16. The zero-order valence-electron chi connectivity index (χ0n) is 12.0. The Bertz CT molecular complexity index is 738. The van der Waals surface area contributed by atoms with Crippen LogP contribution in [0.4, 0.5) is 0 Å². The predicted octanol–water partition coefficient (Wildman–Crippen LogP) is 2.26. The van der Waals surface area contributed by atoms with Crippen LogP contribution in [0.5, 0.6) is 0 Å². The van der Waals surface area contributed by atoms with E-state index in [4.69, 9.17) is 0 Å². The predicted molar refractivity (Wildman–Crippen MR) is 83.7 cm³/mol. The van der Waals surface area contributed by atoms with Gasteiger partial charge < -0.3 is 9.88 Å².